The first-order valence-corrected chi connectivity index (χ1v) is 8.75. The lowest BCUT2D eigenvalue weighted by atomic mass is 9.99. The van der Waals surface area contributed by atoms with Gasteiger partial charge in [-0.1, -0.05) is 24.3 Å². The number of amides is 1. The minimum Gasteiger partial charge on any atom is -0.346 e. The van der Waals surface area contributed by atoms with E-state index in [-0.39, 0.29) is 5.91 Å². The molecule has 4 rings (SSSR count). The van der Waals surface area contributed by atoms with E-state index in [0.29, 0.717) is 5.56 Å². The number of rotatable bonds is 3. The number of aromatic nitrogens is 3. The molecule has 0 unspecified atom stereocenters. The van der Waals surface area contributed by atoms with Gasteiger partial charge in [-0.05, 0) is 30.2 Å². The molecular weight excluding hydrogens is 336 g/mol. The largest absolute Gasteiger partial charge is 0.346 e. The van der Waals surface area contributed by atoms with Crippen LogP contribution in [0.25, 0.3) is 33.3 Å². The van der Waals surface area contributed by atoms with Crippen molar-refractivity contribution in [2.75, 3.05) is 14.1 Å². The Kier molecular flexibility index (Phi) is 4.20. The van der Waals surface area contributed by atoms with Gasteiger partial charge in [0.1, 0.15) is 5.65 Å². The van der Waals surface area contributed by atoms with Crippen LogP contribution in [-0.4, -0.2) is 39.9 Å². The van der Waals surface area contributed by atoms with E-state index < -0.39 is 0 Å². The van der Waals surface area contributed by atoms with Crippen LogP contribution in [0.15, 0.2) is 61.2 Å². The van der Waals surface area contributed by atoms with Crippen molar-refractivity contribution in [3.05, 3.63) is 72.3 Å². The zero-order valence-corrected chi connectivity index (χ0v) is 15.5. The number of nitrogens with zero attached hydrogens (tertiary/aromatic N) is 3. The number of aromatic amines is 1. The lowest BCUT2D eigenvalue weighted by Gasteiger charge is -2.11. The maximum atomic E-state index is 12.2. The van der Waals surface area contributed by atoms with Gasteiger partial charge in [-0.3, -0.25) is 9.78 Å². The van der Waals surface area contributed by atoms with E-state index in [4.69, 9.17) is 0 Å². The highest BCUT2D eigenvalue weighted by Gasteiger charge is 2.13. The molecule has 0 fully saturated rings. The van der Waals surface area contributed by atoms with Gasteiger partial charge in [0.25, 0.3) is 5.91 Å². The van der Waals surface area contributed by atoms with Crippen LogP contribution < -0.4 is 0 Å². The maximum absolute atomic E-state index is 12.2. The molecule has 1 amide bonds. The smallest absolute Gasteiger partial charge is 0.254 e. The van der Waals surface area contributed by atoms with E-state index in [9.17, 15) is 4.79 Å². The summed E-state index contributed by atoms with van der Waals surface area (Å²) in [4.78, 5) is 25.8. The molecule has 0 bridgehead atoms. The molecule has 4 aromatic rings. The molecule has 0 radical (unpaired) electrons. The van der Waals surface area contributed by atoms with Gasteiger partial charge in [0, 0.05) is 61.0 Å². The molecule has 134 valence electrons. The van der Waals surface area contributed by atoms with Crippen molar-refractivity contribution in [1.29, 1.82) is 0 Å². The Bertz CT molecular complexity index is 1140. The van der Waals surface area contributed by atoms with Crippen LogP contribution in [0.2, 0.25) is 0 Å². The zero-order valence-electron chi connectivity index (χ0n) is 15.5. The standard InChI is InChI=1S/C22H20N4O/c1-14-6-4-5-7-18(14)20-13-25-21-19(20)9-16(12-24-21)15-8-17(11-23-10-15)22(27)26(2)3/h4-13H,1-3H3,(H,24,25). The van der Waals surface area contributed by atoms with Crippen LogP contribution >= 0.6 is 0 Å². The van der Waals surface area contributed by atoms with Crippen molar-refractivity contribution in [3.8, 4) is 22.3 Å². The van der Waals surface area contributed by atoms with E-state index in [1.165, 1.54) is 11.1 Å². The Labute approximate surface area is 157 Å². The number of carbonyl (C=O) groups excluding carboxylic acids is 1. The number of nitrogens with one attached hydrogen (secondary N) is 1. The van der Waals surface area contributed by atoms with Crippen LogP contribution in [0.1, 0.15) is 15.9 Å². The van der Waals surface area contributed by atoms with Crippen LogP contribution in [0.3, 0.4) is 0 Å². The molecule has 0 aliphatic carbocycles. The Hall–Kier alpha value is -3.47. The number of fused-ring (bicyclic) bond motifs is 1. The third kappa shape index (κ3) is 3.08. The van der Waals surface area contributed by atoms with E-state index in [0.717, 1.165) is 27.7 Å². The van der Waals surface area contributed by atoms with E-state index in [1.807, 2.05) is 24.4 Å². The highest BCUT2D eigenvalue weighted by Crippen LogP contribution is 2.32. The number of carbonyl (C=O) groups is 1. The van der Waals surface area contributed by atoms with Crippen LogP contribution in [0, 0.1) is 6.92 Å². The van der Waals surface area contributed by atoms with E-state index in [2.05, 4.69) is 40.1 Å². The third-order valence-corrected chi connectivity index (χ3v) is 4.69. The fourth-order valence-electron chi connectivity index (χ4n) is 3.23. The third-order valence-electron chi connectivity index (χ3n) is 4.69. The fourth-order valence-corrected chi connectivity index (χ4v) is 3.23. The van der Waals surface area contributed by atoms with Gasteiger partial charge in [-0.2, -0.15) is 0 Å². The molecule has 0 saturated heterocycles. The van der Waals surface area contributed by atoms with Crippen molar-refractivity contribution in [2.45, 2.75) is 6.92 Å². The summed E-state index contributed by atoms with van der Waals surface area (Å²) in [5.74, 6) is -0.0689. The molecule has 27 heavy (non-hydrogen) atoms. The molecule has 1 aromatic carbocycles. The number of benzene rings is 1. The average molecular weight is 356 g/mol. The van der Waals surface area contributed by atoms with Gasteiger partial charge in [0.05, 0.1) is 5.56 Å². The molecule has 0 atom stereocenters. The summed E-state index contributed by atoms with van der Waals surface area (Å²) >= 11 is 0. The van der Waals surface area contributed by atoms with Gasteiger partial charge in [0.15, 0.2) is 0 Å². The quantitative estimate of drug-likeness (QED) is 0.595. The number of hydrogen-bond donors (Lipinski definition) is 1. The minimum absolute atomic E-state index is 0.0689. The highest BCUT2D eigenvalue weighted by molar-refractivity contribution is 5.97. The summed E-state index contributed by atoms with van der Waals surface area (Å²) in [6.07, 6.45) is 7.15. The van der Waals surface area contributed by atoms with Crippen LogP contribution in [0.4, 0.5) is 0 Å². The lowest BCUT2D eigenvalue weighted by molar-refractivity contribution is 0.0827. The second-order valence-electron chi connectivity index (χ2n) is 6.80. The first-order chi connectivity index (χ1) is 13.0. The van der Waals surface area contributed by atoms with E-state index >= 15 is 0 Å². The highest BCUT2D eigenvalue weighted by atomic mass is 16.2. The van der Waals surface area contributed by atoms with Crippen LogP contribution in [0.5, 0.6) is 0 Å². The Morgan fingerprint density at radius 2 is 1.78 bits per heavy atom. The first kappa shape index (κ1) is 17.0. The zero-order chi connectivity index (χ0) is 19.0. The van der Waals surface area contributed by atoms with Crippen molar-refractivity contribution >= 4 is 16.9 Å². The second-order valence-corrected chi connectivity index (χ2v) is 6.80. The van der Waals surface area contributed by atoms with Gasteiger partial charge in [-0.25, -0.2) is 4.98 Å². The average Bonchev–Trinajstić information content (AvgIpc) is 3.11. The number of pyridine rings is 2. The topological polar surface area (TPSA) is 61.9 Å². The first-order valence-electron chi connectivity index (χ1n) is 8.75. The molecule has 5 heteroatoms. The molecule has 0 aliphatic rings. The molecule has 3 heterocycles. The van der Waals surface area contributed by atoms with Crippen molar-refractivity contribution in [1.82, 2.24) is 19.9 Å². The normalized spacial score (nSPS) is 10.9. The fraction of sp³-hybridized carbons (Fsp3) is 0.136. The maximum Gasteiger partial charge on any atom is 0.254 e. The molecule has 5 nitrogen and oxygen atoms in total. The van der Waals surface area contributed by atoms with Gasteiger partial charge in [-0.15, -0.1) is 0 Å². The number of hydrogen-bond acceptors (Lipinski definition) is 3. The SMILES string of the molecule is Cc1ccccc1-c1c[nH]c2ncc(-c3cncc(C(=O)N(C)C)c3)cc12. The Morgan fingerprint density at radius 1 is 1.00 bits per heavy atom. The monoisotopic (exact) mass is 356 g/mol. The molecule has 0 saturated carbocycles. The molecule has 3 aromatic heterocycles. The molecule has 0 aliphatic heterocycles. The van der Waals surface area contributed by atoms with Gasteiger partial charge in [0.2, 0.25) is 0 Å². The summed E-state index contributed by atoms with van der Waals surface area (Å²) in [5.41, 5.74) is 6.70. The molecule has 0 spiro atoms. The number of H-pyrrole nitrogens is 1. The Balaban J connectivity index is 1.83. The summed E-state index contributed by atoms with van der Waals surface area (Å²) in [5, 5.41) is 1.05. The second kappa shape index (κ2) is 6.68. The number of aryl methyl sites for hydroxylation is 1. The van der Waals surface area contributed by atoms with E-state index in [1.54, 1.807) is 37.6 Å². The summed E-state index contributed by atoms with van der Waals surface area (Å²) in [6, 6.07) is 12.3. The summed E-state index contributed by atoms with van der Waals surface area (Å²) in [7, 11) is 3.47. The van der Waals surface area contributed by atoms with Crippen molar-refractivity contribution in [2.24, 2.45) is 0 Å². The summed E-state index contributed by atoms with van der Waals surface area (Å²) < 4.78 is 0. The predicted octanol–water partition coefficient (Wildman–Crippen LogP) is 4.30. The van der Waals surface area contributed by atoms with Gasteiger partial charge < -0.3 is 9.88 Å². The predicted molar refractivity (Wildman–Crippen MR) is 108 cm³/mol. The minimum atomic E-state index is -0.0689. The Morgan fingerprint density at radius 3 is 2.56 bits per heavy atom. The van der Waals surface area contributed by atoms with Crippen LogP contribution in [-0.2, 0) is 0 Å². The van der Waals surface area contributed by atoms with Crippen molar-refractivity contribution < 1.29 is 4.79 Å². The summed E-state index contributed by atoms with van der Waals surface area (Å²) in [6.45, 7) is 2.10. The van der Waals surface area contributed by atoms with Crippen molar-refractivity contribution in [3.63, 3.8) is 0 Å². The van der Waals surface area contributed by atoms with Gasteiger partial charge >= 0.3 is 0 Å². The molecule has 1 N–H and O–H groups in total. The molecular formula is C22H20N4O. The lowest BCUT2D eigenvalue weighted by Crippen LogP contribution is -2.21.